The van der Waals surface area contributed by atoms with Gasteiger partial charge in [0, 0.05) is 0 Å². The Kier molecular flexibility index (Phi) is 2.30. The number of nitrogens with zero attached hydrogens (tertiary/aromatic N) is 3. The SMILES string of the molecule is Cc1cccc(N(C#N)C#N)c1. The van der Waals surface area contributed by atoms with Crippen LogP contribution in [0.15, 0.2) is 24.3 Å². The molecule has 1 rings (SSSR count). The maximum atomic E-state index is 8.52. The van der Waals surface area contributed by atoms with Crippen molar-refractivity contribution in [3.05, 3.63) is 29.8 Å². The van der Waals surface area contributed by atoms with Crippen LogP contribution >= 0.6 is 0 Å². The molecule has 0 aliphatic rings. The van der Waals surface area contributed by atoms with Crippen molar-refractivity contribution in [3.63, 3.8) is 0 Å². The topological polar surface area (TPSA) is 50.8 Å². The van der Waals surface area contributed by atoms with Crippen LogP contribution in [-0.4, -0.2) is 0 Å². The molecule has 0 fully saturated rings. The molecule has 0 atom stereocenters. The summed E-state index contributed by atoms with van der Waals surface area (Å²) in [5, 5.41) is 17.0. The second-order valence-electron chi connectivity index (χ2n) is 2.37. The molecule has 0 aromatic heterocycles. The van der Waals surface area contributed by atoms with Gasteiger partial charge < -0.3 is 0 Å². The lowest BCUT2D eigenvalue weighted by atomic mass is 10.2. The molecule has 0 unspecified atom stereocenters. The lowest BCUT2D eigenvalue weighted by molar-refractivity contribution is 1.26. The van der Waals surface area contributed by atoms with E-state index in [1.165, 1.54) is 0 Å². The van der Waals surface area contributed by atoms with Crippen molar-refractivity contribution in [1.29, 1.82) is 10.5 Å². The third-order valence-corrected chi connectivity index (χ3v) is 1.46. The molecule has 12 heavy (non-hydrogen) atoms. The van der Waals surface area contributed by atoms with Crippen molar-refractivity contribution in [2.45, 2.75) is 6.92 Å². The fraction of sp³-hybridized carbons (Fsp3) is 0.111. The number of rotatable bonds is 1. The van der Waals surface area contributed by atoms with Gasteiger partial charge >= 0.3 is 0 Å². The van der Waals surface area contributed by atoms with Crippen molar-refractivity contribution < 1.29 is 0 Å². The first-order valence-electron chi connectivity index (χ1n) is 3.44. The van der Waals surface area contributed by atoms with Crippen LogP contribution in [0, 0.1) is 29.8 Å². The predicted octanol–water partition coefficient (Wildman–Crippen LogP) is 1.76. The molecule has 1 aromatic rings. The first-order valence-corrected chi connectivity index (χ1v) is 3.44. The molecule has 1 aromatic carbocycles. The molecule has 3 heteroatoms. The van der Waals surface area contributed by atoms with Gasteiger partial charge in [-0.2, -0.15) is 15.4 Å². The molecule has 0 aliphatic carbocycles. The Morgan fingerprint density at radius 3 is 2.42 bits per heavy atom. The Hall–Kier alpha value is -2.00. The highest BCUT2D eigenvalue weighted by Crippen LogP contribution is 2.13. The van der Waals surface area contributed by atoms with Crippen molar-refractivity contribution in [2.75, 3.05) is 4.90 Å². The van der Waals surface area contributed by atoms with E-state index in [9.17, 15) is 0 Å². The molecule has 0 heterocycles. The normalized spacial score (nSPS) is 8.25. The standard InChI is InChI=1S/C9H7N3/c1-8-3-2-4-9(5-8)12(6-10)7-11/h2-5H,1H3. The quantitative estimate of drug-likeness (QED) is 0.461. The molecule has 3 nitrogen and oxygen atoms in total. The summed E-state index contributed by atoms with van der Waals surface area (Å²) in [6.07, 6.45) is 3.53. The summed E-state index contributed by atoms with van der Waals surface area (Å²) in [4.78, 5) is 0.965. The van der Waals surface area contributed by atoms with Gasteiger partial charge in [0.15, 0.2) is 12.4 Å². The first kappa shape index (κ1) is 8.10. The molecule has 0 saturated heterocycles. The molecule has 0 N–H and O–H groups in total. The van der Waals surface area contributed by atoms with Crippen LogP contribution in [0.1, 0.15) is 5.56 Å². The van der Waals surface area contributed by atoms with Crippen molar-refractivity contribution >= 4 is 5.69 Å². The smallest absolute Gasteiger partial charge is 0.183 e. The molecular weight excluding hydrogens is 150 g/mol. The van der Waals surface area contributed by atoms with Crippen molar-refractivity contribution in [2.24, 2.45) is 0 Å². The zero-order valence-corrected chi connectivity index (χ0v) is 6.65. The lowest BCUT2D eigenvalue weighted by Crippen LogP contribution is -2.06. The Balaban J connectivity index is 3.06. The van der Waals surface area contributed by atoms with Gasteiger partial charge in [0.05, 0.1) is 5.69 Å². The van der Waals surface area contributed by atoms with E-state index in [1.807, 2.05) is 19.1 Å². The van der Waals surface area contributed by atoms with Crippen LogP contribution in [0.3, 0.4) is 0 Å². The van der Waals surface area contributed by atoms with Crippen LogP contribution < -0.4 is 4.90 Å². The molecule has 0 amide bonds. The maximum absolute atomic E-state index is 8.52. The van der Waals surface area contributed by atoms with Crippen LogP contribution in [0.25, 0.3) is 0 Å². The van der Waals surface area contributed by atoms with Gasteiger partial charge in [-0.25, -0.2) is 0 Å². The Morgan fingerprint density at radius 1 is 1.25 bits per heavy atom. The molecule has 58 valence electrons. The van der Waals surface area contributed by atoms with Gasteiger partial charge in [0.2, 0.25) is 0 Å². The van der Waals surface area contributed by atoms with E-state index in [4.69, 9.17) is 10.5 Å². The fourth-order valence-corrected chi connectivity index (χ4v) is 0.905. The largest absolute Gasteiger partial charge is 0.198 e. The summed E-state index contributed by atoms with van der Waals surface area (Å²) in [6, 6.07) is 7.23. The minimum atomic E-state index is 0.611. The predicted molar refractivity (Wildman–Crippen MR) is 44.9 cm³/mol. The summed E-state index contributed by atoms with van der Waals surface area (Å²) in [6.45, 7) is 1.91. The summed E-state index contributed by atoms with van der Waals surface area (Å²) in [7, 11) is 0. The van der Waals surface area contributed by atoms with Crippen molar-refractivity contribution in [1.82, 2.24) is 0 Å². The summed E-state index contributed by atoms with van der Waals surface area (Å²) < 4.78 is 0. The highest BCUT2D eigenvalue weighted by atomic mass is 15.1. The van der Waals surface area contributed by atoms with Crippen LogP contribution in [-0.2, 0) is 0 Å². The fourth-order valence-electron chi connectivity index (χ4n) is 0.905. The molecule has 0 spiro atoms. The van der Waals surface area contributed by atoms with E-state index in [-0.39, 0.29) is 0 Å². The van der Waals surface area contributed by atoms with E-state index in [2.05, 4.69) is 0 Å². The minimum Gasteiger partial charge on any atom is -0.183 e. The van der Waals surface area contributed by atoms with Gasteiger partial charge in [-0.15, -0.1) is 0 Å². The maximum Gasteiger partial charge on any atom is 0.198 e. The third-order valence-electron chi connectivity index (χ3n) is 1.46. The average molecular weight is 157 g/mol. The average Bonchev–Trinajstić information content (AvgIpc) is 2.07. The Labute approximate surface area is 71.1 Å². The molecule has 0 radical (unpaired) electrons. The number of hydrogen-bond acceptors (Lipinski definition) is 3. The molecular formula is C9H7N3. The van der Waals surface area contributed by atoms with E-state index >= 15 is 0 Å². The van der Waals surface area contributed by atoms with E-state index in [0.717, 1.165) is 10.5 Å². The number of benzene rings is 1. The van der Waals surface area contributed by atoms with Gasteiger partial charge in [-0.1, -0.05) is 12.1 Å². The summed E-state index contributed by atoms with van der Waals surface area (Å²) in [5.74, 6) is 0. The third kappa shape index (κ3) is 1.53. The molecule has 0 bridgehead atoms. The van der Waals surface area contributed by atoms with E-state index < -0.39 is 0 Å². The zero-order chi connectivity index (χ0) is 8.97. The van der Waals surface area contributed by atoms with Crippen LogP contribution in [0.2, 0.25) is 0 Å². The zero-order valence-electron chi connectivity index (χ0n) is 6.65. The van der Waals surface area contributed by atoms with Gasteiger partial charge in [-0.05, 0) is 24.6 Å². The number of nitriles is 2. The molecule has 0 aliphatic heterocycles. The summed E-state index contributed by atoms with van der Waals surface area (Å²) >= 11 is 0. The van der Waals surface area contributed by atoms with E-state index in [1.54, 1.807) is 24.5 Å². The first-order chi connectivity index (χ1) is 5.77. The minimum absolute atomic E-state index is 0.611. The number of anilines is 1. The van der Waals surface area contributed by atoms with Crippen molar-refractivity contribution in [3.8, 4) is 12.4 Å². The Bertz CT molecular complexity index is 343. The van der Waals surface area contributed by atoms with E-state index in [0.29, 0.717) is 5.69 Å². The number of aryl methyl sites for hydroxylation is 1. The van der Waals surface area contributed by atoms with Crippen LogP contribution in [0.5, 0.6) is 0 Å². The second-order valence-corrected chi connectivity index (χ2v) is 2.37. The van der Waals surface area contributed by atoms with Crippen LogP contribution in [0.4, 0.5) is 5.69 Å². The second kappa shape index (κ2) is 3.41. The summed E-state index contributed by atoms with van der Waals surface area (Å²) in [5.41, 5.74) is 1.64. The van der Waals surface area contributed by atoms with Gasteiger partial charge in [0.1, 0.15) is 0 Å². The molecule has 0 saturated carbocycles. The van der Waals surface area contributed by atoms with Gasteiger partial charge in [-0.3, -0.25) is 0 Å². The highest BCUT2D eigenvalue weighted by Gasteiger charge is 2.01. The highest BCUT2D eigenvalue weighted by molar-refractivity contribution is 5.55. The monoisotopic (exact) mass is 157 g/mol. The number of hydrogen-bond donors (Lipinski definition) is 0. The Morgan fingerprint density at radius 2 is 1.92 bits per heavy atom. The van der Waals surface area contributed by atoms with Gasteiger partial charge in [0.25, 0.3) is 0 Å². The lowest BCUT2D eigenvalue weighted by Gasteiger charge is -2.04.